The van der Waals surface area contributed by atoms with Crippen LogP contribution >= 0.6 is 11.3 Å². The quantitative estimate of drug-likeness (QED) is 0.650. The van der Waals surface area contributed by atoms with Gasteiger partial charge in [0.05, 0.1) is 12.3 Å². The molecule has 27 heavy (non-hydrogen) atoms. The first-order valence-electron chi connectivity index (χ1n) is 8.87. The first kappa shape index (κ1) is 17.9. The number of benzene rings is 1. The fourth-order valence-corrected chi connectivity index (χ4v) is 4.66. The molecule has 0 atom stereocenters. The predicted octanol–water partition coefficient (Wildman–Crippen LogP) is 4.88. The SMILES string of the molecule is CCOC(=O)c1sc2nc3c(c(-c4ccc(F)cc4F)c2c1N)CCCC3. The van der Waals surface area contributed by atoms with Crippen LogP contribution in [0.1, 0.15) is 40.7 Å². The van der Waals surface area contributed by atoms with Crippen LogP contribution in [0.25, 0.3) is 21.3 Å². The predicted molar refractivity (Wildman–Crippen MR) is 102 cm³/mol. The molecule has 0 bridgehead atoms. The van der Waals surface area contributed by atoms with Crippen molar-refractivity contribution >= 4 is 33.2 Å². The Morgan fingerprint density at radius 2 is 2.07 bits per heavy atom. The molecule has 2 heterocycles. The van der Waals surface area contributed by atoms with Crippen LogP contribution < -0.4 is 5.73 Å². The van der Waals surface area contributed by atoms with E-state index in [1.54, 1.807) is 6.92 Å². The highest BCUT2D eigenvalue weighted by atomic mass is 32.1. The number of halogens is 2. The molecule has 0 spiro atoms. The number of nitrogens with zero attached hydrogens (tertiary/aromatic N) is 1. The van der Waals surface area contributed by atoms with Gasteiger partial charge >= 0.3 is 5.97 Å². The first-order chi connectivity index (χ1) is 13.0. The van der Waals surface area contributed by atoms with Gasteiger partial charge < -0.3 is 10.5 Å². The van der Waals surface area contributed by atoms with Gasteiger partial charge in [0.1, 0.15) is 21.3 Å². The number of carbonyl (C=O) groups is 1. The van der Waals surface area contributed by atoms with Crippen molar-refractivity contribution in [2.45, 2.75) is 32.6 Å². The normalized spacial score (nSPS) is 13.6. The molecular formula is C20H18F2N2O2S. The summed E-state index contributed by atoms with van der Waals surface area (Å²) in [5.41, 5.74) is 9.26. The number of esters is 1. The summed E-state index contributed by atoms with van der Waals surface area (Å²) in [6.45, 7) is 1.95. The van der Waals surface area contributed by atoms with Crippen LogP contribution in [0.3, 0.4) is 0 Å². The van der Waals surface area contributed by atoms with E-state index in [2.05, 4.69) is 0 Å². The Balaban J connectivity index is 2.06. The number of hydrogen-bond acceptors (Lipinski definition) is 5. The zero-order valence-electron chi connectivity index (χ0n) is 14.8. The Hall–Kier alpha value is -2.54. The van der Waals surface area contributed by atoms with Crippen molar-refractivity contribution in [3.63, 3.8) is 0 Å². The topological polar surface area (TPSA) is 65.2 Å². The third-order valence-corrected chi connectivity index (χ3v) is 5.89. The maximum Gasteiger partial charge on any atom is 0.350 e. The molecule has 0 radical (unpaired) electrons. The Morgan fingerprint density at radius 3 is 2.81 bits per heavy atom. The Labute approximate surface area is 159 Å². The van der Waals surface area contributed by atoms with Gasteiger partial charge in [0.25, 0.3) is 0 Å². The van der Waals surface area contributed by atoms with Gasteiger partial charge in [-0.05, 0) is 50.3 Å². The van der Waals surface area contributed by atoms with Crippen LogP contribution in [-0.2, 0) is 17.6 Å². The summed E-state index contributed by atoms with van der Waals surface area (Å²) >= 11 is 1.16. The monoisotopic (exact) mass is 388 g/mol. The van der Waals surface area contributed by atoms with Gasteiger partial charge in [-0.2, -0.15) is 0 Å². The molecule has 1 aliphatic rings. The van der Waals surface area contributed by atoms with Crippen LogP contribution in [-0.4, -0.2) is 17.6 Å². The molecule has 140 valence electrons. The molecule has 3 aromatic rings. The Kier molecular flexibility index (Phi) is 4.55. The summed E-state index contributed by atoms with van der Waals surface area (Å²) in [7, 11) is 0. The molecule has 0 fully saturated rings. The van der Waals surface area contributed by atoms with E-state index in [4.69, 9.17) is 15.5 Å². The number of anilines is 1. The third kappa shape index (κ3) is 2.96. The smallest absolute Gasteiger partial charge is 0.350 e. The number of rotatable bonds is 3. The van der Waals surface area contributed by atoms with E-state index in [1.165, 1.54) is 12.1 Å². The highest BCUT2D eigenvalue weighted by Gasteiger charge is 2.27. The summed E-state index contributed by atoms with van der Waals surface area (Å²) in [4.78, 5) is 17.8. The second-order valence-electron chi connectivity index (χ2n) is 6.49. The maximum absolute atomic E-state index is 14.7. The highest BCUT2D eigenvalue weighted by molar-refractivity contribution is 7.21. The second kappa shape index (κ2) is 6.88. The lowest BCUT2D eigenvalue weighted by atomic mass is 9.87. The van der Waals surface area contributed by atoms with E-state index in [9.17, 15) is 13.6 Å². The molecule has 0 saturated carbocycles. The van der Waals surface area contributed by atoms with Crippen molar-refractivity contribution in [2.24, 2.45) is 0 Å². The van der Waals surface area contributed by atoms with E-state index in [-0.39, 0.29) is 22.7 Å². The number of nitrogens with two attached hydrogens (primary N) is 1. The number of ether oxygens (including phenoxy) is 1. The molecule has 2 N–H and O–H groups in total. The number of aromatic nitrogens is 1. The largest absolute Gasteiger partial charge is 0.462 e. The lowest BCUT2D eigenvalue weighted by Gasteiger charge is -2.20. The van der Waals surface area contributed by atoms with Crippen LogP contribution in [0, 0.1) is 11.6 Å². The number of carbonyl (C=O) groups excluding carboxylic acids is 1. The van der Waals surface area contributed by atoms with Gasteiger partial charge in [-0.1, -0.05) is 0 Å². The summed E-state index contributed by atoms with van der Waals surface area (Å²) < 4.78 is 33.2. The molecule has 0 unspecified atom stereocenters. The number of hydrogen-bond donors (Lipinski definition) is 1. The first-order valence-corrected chi connectivity index (χ1v) is 9.69. The van der Waals surface area contributed by atoms with Crippen LogP contribution in [0.15, 0.2) is 18.2 Å². The minimum atomic E-state index is -0.654. The minimum absolute atomic E-state index is 0.232. The number of thiophene rings is 1. The van der Waals surface area contributed by atoms with Crippen LogP contribution in [0.4, 0.5) is 14.5 Å². The van der Waals surface area contributed by atoms with E-state index < -0.39 is 17.6 Å². The Morgan fingerprint density at radius 1 is 1.30 bits per heavy atom. The molecule has 2 aromatic heterocycles. The summed E-state index contributed by atoms with van der Waals surface area (Å²) in [6, 6.07) is 3.52. The van der Waals surface area contributed by atoms with Gasteiger partial charge in [-0.15, -0.1) is 11.3 Å². The van der Waals surface area contributed by atoms with Gasteiger partial charge in [-0.3, -0.25) is 0 Å². The van der Waals surface area contributed by atoms with Gasteiger partial charge in [-0.25, -0.2) is 18.6 Å². The maximum atomic E-state index is 14.7. The Bertz CT molecular complexity index is 1060. The van der Waals surface area contributed by atoms with E-state index in [0.717, 1.165) is 54.3 Å². The van der Waals surface area contributed by atoms with Crippen molar-refractivity contribution in [2.75, 3.05) is 12.3 Å². The molecule has 4 nitrogen and oxygen atoms in total. The van der Waals surface area contributed by atoms with Crippen molar-refractivity contribution in [1.82, 2.24) is 4.98 Å². The van der Waals surface area contributed by atoms with Crippen LogP contribution in [0.5, 0.6) is 0 Å². The molecule has 0 aliphatic heterocycles. The van der Waals surface area contributed by atoms with Crippen molar-refractivity contribution in [3.8, 4) is 11.1 Å². The zero-order valence-corrected chi connectivity index (χ0v) is 15.6. The number of pyridine rings is 1. The zero-order chi connectivity index (χ0) is 19.1. The number of nitrogen functional groups attached to an aromatic ring is 1. The molecule has 0 amide bonds. The lowest BCUT2D eigenvalue weighted by molar-refractivity contribution is 0.0533. The minimum Gasteiger partial charge on any atom is -0.462 e. The summed E-state index contributed by atoms with van der Waals surface area (Å²) in [6.07, 6.45) is 3.50. The van der Waals surface area contributed by atoms with Crippen molar-refractivity contribution in [1.29, 1.82) is 0 Å². The fourth-order valence-electron chi connectivity index (χ4n) is 3.64. The van der Waals surface area contributed by atoms with Gasteiger partial charge in [0, 0.05) is 28.3 Å². The highest BCUT2D eigenvalue weighted by Crippen LogP contribution is 2.44. The third-order valence-electron chi connectivity index (χ3n) is 4.81. The van der Waals surface area contributed by atoms with Gasteiger partial charge in [0.2, 0.25) is 0 Å². The molecule has 1 aliphatic carbocycles. The van der Waals surface area contributed by atoms with E-state index in [1.807, 2.05) is 0 Å². The van der Waals surface area contributed by atoms with Crippen LogP contribution in [0.2, 0.25) is 0 Å². The number of fused-ring (bicyclic) bond motifs is 2. The molecule has 0 saturated heterocycles. The molecule has 1 aromatic carbocycles. The fraction of sp³-hybridized carbons (Fsp3) is 0.300. The standard InChI is InChI=1S/C20H18F2N2O2S/c1-2-26-20(25)18-17(23)16-15(11-8-7-10(21)9-13(11)22)12-5-3-4-6-14(12)24-19(16)27-18/h7-9H,2-6,23H2,1H3. The van der Waals surface area contributed by atoms with Crippen molar-refractivity contribution < 1.29 is 18.3 Å². The summed E-state index contributed by atoms with van der Waals surface area (Å²) in [5, 5.41) is 0.550. The lowest BCUT2D eigenvalue weighted by Crippen LogP contribution is -2.09. The van der Waals surface area contributed by atoms with E-state index in [0.29, 0.717) is 15.8 Å². The average molecular weight is 388 g/mol. The molecule has 4 rings (SSSR count). The van der Waals surface area contributed by atoms with Crippen molar-refractivity contribution in [3.05, 3.63) is 46.0 Å². The second-order valence-corrected chi connectivity index (χ2v) is 7.49. The average Bonchev–Trinajstić information content (AvgIpc) is 2.97. The van der Waals surface area contributed by atoms with Gasteiger partial charge in [0.15, 0.2) is 0 Å². The van der Waals surface area contributed by atoms with E-state index >= 15 is 0 Å². The molecular weight excluding hydrogens is 370 g/mol. The number of aryl methyl sites for hydroxylation is 1. The molecule has 7 heteroatoms. The summed E-state index contributed by atoms with van der Waals surface area (Å²) in [5.74, 6) is -1.80.